The average Bonchev–Trinajstić information content (AvgIpc) is 2.32. The van der Waals surface area contributed by atoms with Crippen LogP contribution in [0.2, 0.25) is 0 Å². The molecule has 3 nitrogen and oxygen atoms in total. The molecule has 0 aromatic heterocycles. The highest BCUT2D eigenvalue weighted by Crippen LogP contribution is 2.24. The number of ether oxygens (including phenoxy) is 1. The van der Waals surface area contributed by atoms with Gasteiger partial charge in [0, 0.05) is 5.56 Å². The first-order chi connectivity index (χ1) is 7.95. The van der Waals surface area contributed by atoms with Crippen LogP contribution < -0.4 is 5.73 Å². The third-order valence-electron chi connectivity index (χ3n) is 2.14. The maximum absolute atomic E-state index is 13.3. The quantitative estimate of drug-likeness (QED) is 0.503. The molecule has 0 fully saturated rings. The van der Waals surface area contributed by atoms with Crippen molar-refractivity contribution in [3.05, 3.63) is 34.4 Å². The highest BCUT2D eigenvalue weighted by atomic mass is 19.2. The van der Waals surface area contributed by atoms with Crippen molar-refractivity contribution in [2.75, 3.05) is 13.7 Å². The van der Waals surface area contributed by atoms with Crippen molar-refractivity contribution in [3.8, 4) is 0 Å². The Kier molecular flexibility index (Phi) is 4.06. The van der Waals surface area contributed by atoms with E-state index in [-0.39, 0.29) is 13.0 Å². The van der Waals surface area contributed by atoms with Crippen LogP contribution in [0.4, 0.5) is 17.6 Å². The average molecular weight is 251 g/mol. The molecule has 2 N–H and O–H groups in total. The number of carbonyl (C=O) groups excluding carboxylic acids is 1. The molecule has 0 aliphatic carbocycles. The van der Waals surface area contributed by atoms with Crippen LogP contribution in [0.1, 0.15) is 15.9 Å². The second-order valence-electron chi connectivity index (χ2n) is 3.14. The monoisotopic (exact) mass is 251 g/mol. The van der Waals surface area contributed by atoms with Gasteiger partial charge in [0.05, 0.1) is 7.11 Å². The fourth-order valence-electron chi connectivity index (χ4n) is 1.32. The van der Waals surface area contributed by atoms with Gasteiger partial charge in [-0.2, -0.15) is 0 Å². The SMILES string of the molecule is COC(=O)c1c(F)c(F)c(CCN)c(F)c1F. The molecule has 1 aromatic carbocycles. The molecule has 17 heavy (non-hydrogen) atoms. The number of methoxy groups -OCH3 is 1. The Labute approximate surface area is 94.2 Å². The number of carbonyl (C=O) groups is 1. The number of halogens is 4. The molecule has 0 atom stereocenters. The fraction of sp³-hybridized carbons (Fsp3) is 0.300. The first kappa shape index (κ1) is 13.4. The molecule has 0 bridgehead atoms. The largest absolute Gasteiger partial charge is 0.465 e. The van der Waals surface area contributed by atoms with Gasteiger partial charge < -0.3 is 10.5 Å². The minimum atomic E-state index is -1.78. The van der Waals surface area contributed by atoms with Gasteiger partial charge in [0.1, 0.15) is 5.56 Å². The summed E-state index contributed by atoms with van der Waals surface area (Å²) < 4.78 is 57.4. The molecule has 0 heterocycles. The zero-order valence-corrected chi connectivity index (χ0v) is 8.82. The van der Waals surface area contributed by atoms with Gasteiger partial charge in [0.2, 0.25) is 0 Å². The Balaban J connectivity index is 3.52. The van der Waals surface area contributed by atoms with Crippen LogP contribution in [-0.4, -0.2) is 19.6 Å². The van der Waals surface area contributed by atoms with E-state index in [2.05, 4.69) is 4.74 Å². The third kappa shape index (κ3) is 2.23. The second-order valence-corrected chi connectivity index (χ2v) is 3.14. The number of nitrogens with two attached hydrogens (primary N) is 1. The number of rotatable bonds is 3. The minimum absolute atomic E-state index is 0.190. The summed E-state index contributed by atoms with van der Waals surface area (Å²) >= 11 is 0. The molecule has 0 aliphatic rings. The molecule has 0 saturated heterocycles. The number of hydrogen-bond donors (Lipinski definition) is 1. The van der Waals surface area contributed by atoms with E-state index in [1.165, 1.54) is 0 Å². The summed E-state index contributed by atoms with van der Waals surface area (Å²) in [4.78, 5) is 11.0. The van der Waals surface area contributed by atoms with E-state index in [9.17, 15) is 22.4 Å². The van der Waals surface area contributed by atoms with Gasteiger partial charge >= 0.3 is 5.97 Å². The standard InChI is InChI=1S/C10H9F4NO2/c1-17-10(16)5-8(13)6(11)4(2-3-15)7(12)9(5)14/h2-3,15H2,1H3. The molecular weight excluding hydrogens is 242 g/mol. The molecule has 1 rings (SSSR count). The van der Waals surface area contributed by atoms with Crippen LogP contribution in [0.15, 0.2) is 0 Å². The molecular formula is C10H9F4NO2. The fourth-order valence-corrected chi connectivity index (χ4v) is 1.32. The predicted octanol–water partition coefficient (Wildman–Crippen LogP) is 1.53. The van der Waals surface area contributed by atoms with Crippen molar-refractivity contribution in [2.45, 2.75) is 6.42 Å². The maximum Gasteiger partial charge on any atom is 0.344 e. The molecule has 0 spiro atoms. The number of esters is 1. The third-order valence-corrected chi connectivity index (χ3v) is 2.14. The van der Waals surface area contributed by atoms with E-state index in [1.54, 1.807) is 0 Å². The van der Waals surface area contributed by atoms with Gasteiger partial charge in [-0.3, -0.25) is 0 Å². The smallest absolute Gasteiger partial charge is 0.344 e. The van der Waals surface area contributed by atoms with Crippen molar-refractivity contribution >= 4 is 5.97 Å². The lowest BCUT2D eigenvalue weighted by molar-refractivity contribution is 0.0586. The summed E-state index contributed by atoms with van der Waals surface area (Å²) in [7, 11) is 0.838. The number of hydrogen-bond acceptors (Lipinski definition) is 3. The summed E-state index contributed by atoms with van der Waals surface area (Å²) in [5, 5.41) is 0. The van der Waals surface area contributed by atoms with E-state index < -0.39 is 40.4 Å². The van der Waals surface area contributed by atoms with Gasteiger partial charge in [-0.05, 0) is 13.0 Å². The van der Waals surface area contributed by atoms with Crippen molar-refractivity contribution in [1.82, 2.24) is 0 Å². The topological polar surface area (TPSA) is 52.3 Å². The Morgan fingerprint density at radius 2 is 1.59 bits per heavy atom. The van der Waals surface area contributed by atoms with Crippen molar-refractivity contribution in [2.24, 2.45) is 5.73 Å². The van der Waals surface area contributed by atoms with Crippen LogP contribution >= 0.6 is 0 Å². The first-order valence-electron chi connectivity index (χ1n) is 4.58. The minimum Gasteiger partial charge on any atom is -0.465 e. The van der Waals surface area contributed by atoms with Crippen molar-refractivity contribution in [1.29, 1.82) is 0 Å². The molecule has 94 valence electrons. The van der Waals surface area contributed by atoms with Crippen LogP contribution in [0.3, 0.4) is 0 Å². The lowest BCUT2D eigenvalue weighted by Gasteiger charge is -2.09. The summed E-state index contributed by atoms with van der Waals surface area (Å²) in [6, 6.07) is 0. The van der Waals surface area contributed by atoms with Crippen molar-refractivity contribution < 1.29 is 27.1 Å². The summed E-state index contributed by atoms with van der Waals surface area (Å²) in [6.45, 7) is -0.190. The van der Waals surface area contributed by atoms with E-state index in [1.807, 2.05) is 0 Å². The number of benzene rings is 1. The molecule has 0 aliphatic heterocycles. The van der Waals surface area contributed by atoms with Crippen LogP contribution in [0.5, 0.6) is 0 Å². The van der Waals surface area contributed by atoms with E-state index in [0.29, 0.717) is 0 Å². The van der Waals surface area contributed by atoms with Gasteiger partial charge in [0.25, 0.3) is 0 Å². The Bertz CT molecular complexity index is 433. The summed E-state index contributed by atoms with van der Waals surface area (Å²) in [5.41, 5.74) is 2.84. The van der Waals surface area contributed by atoms with Gasteiger partial charge in [-0.25, -0.2) is 22.4 Å². The zero-order chi connectivity index (χ0) is 13.2. The Morgan fingerprint density at radius 3 is 1.94 bits per heavy atom. The lowest BCUT2D eigenvalue weighted by atomic mass is 10.1. The van der Waals surface area contributed by atoms with Crippen LogP contribution in [-0.2, 0) is 11.2 Å². The molecule has 0 radical (unpaired) electrons. The highest BCUT2D eigenvalue weighted by Gasteiger charge is 2.29. The van der Waals surface area contributed by atoms with E-state index in [4.69, 9.17) is 5.73 Å². The normalized spacial score (nSPS) is 10.5. The molecule has 7 heteroatoms. The predicted molar refractivity (Wildman–Crippen MR) is 50.4 cm³/mol. The Hall–Kier alpha value is -1.63. The summed E-state index contributed by atoms with van der Waals surface area (Å²) in [6.07, 6.45) is -0.382. The van der Waals surface area contributed by atoms with Gasteiger partial charge in [-0.15, -0.1) is 0 Å². The molecule has 1 aromatic rings. The molecule has 0 saturated carbocycles. The van der Waals surface area contributed by atoms with Crippen molar-refractivity contribution in [3.63, 3.8) is 0 Å². The lowest BCUT2D eigenvalue weighted by Crippen LogP contribution is -2.16. The molecule has 0 amide bonds. The summed E-state index contributed by atoms with van der Waals surface area (Å²) in [5.74, 6) is -8.31. The second kappa shape index (κ2) is 5.13. The van der Waals surface area contributed by atoms with Gasteiger partial charge in [0.15, 0.2) is 23.3 Å². The van der Waals surface area contributed by atoms with Crippen LogP contribution in [0.25, 0.3) is 0 Å². The maximum atomic E-state index is 13.3. The zero-order valence-electron chi connectivity index (χ0n) is 8.82. The van der Waals surface area contributed by atoms with Crippen LogP contribution in [0, 0.1) is 23.3 Å². The highest BCUT2D eigenvalue weighted by molar-refractivity contribution is 5.90. The van der Waals surface area contributed by atoms with Gasteiger partial charge in [-0.1, -0.05) is 0 Å². The Morgan fingerprint density at radius 1 is 1.12 bits per heavy atom. The molecule has 0 unspecified atom stereocenters. The van der Waals surface area contributed by atoms with E-state index >= 15 is 0 Å². The first-order valence-corrected chi connectivity index (χ1v) is 4.58. The van der Waals surface area contributed by atoms with E-state index in [0.717, 1.165) is 7.11 Å².